The Morgan fingerprint density at radius 1 is 1.33 bits per heavy atom. The Balaban J connectivity index is 3.52. The molecule has 1 rings (SSSR count). The van der Waals surface area contributed by atoms with Crippen molar-refractivity contribution in [3.63, 3.8) is 0 Å². The van der Waals surface area contributed by atoms with Gasteiger partial charge in [0.1, 0.15) is 0 Å². The maximum Gasteiger partial charge on any atom is 0.283 e. The van der Waals surface area contributed by atoms with Crippen LogP contribution >= 0.6 is 0 Å². The van der Waals surface area contributed by atoms with Gasteiger partial charge in [-0.3, -0.25) is 14.9 Å². The number of hydrogen-bond acceptors (Lipinski definition) is 3. The zero-order chi connectivity index (χ0) is 11.6. The molecule has 0 atom stereocenters. The van der Waals surface area contributed by atoms with E-state index >= 15 is 0 Å². The third-order valence-electron chi connectivity index (χ3n) is 2.18. The fourth-order valence-corrected chi connectivity index (χ4v) is 1.47. The van der Waals surface area contributed by atoms with E-state index < -0.39 is 4.92 Å². The van der Waals surface area contributed by atoms with E-state index in [2.05, 4.69) is 0 Å². The average Bonchev–Trinajstić information content (AvgIpc) is 2.15. The average molecular weight is 207 g/mol. The summed E-state index contributed by atoms with van der Waals surface area (Å²) in [5.74, 6) is 0. The van der Waals surface area contributed by atoms with Gasteiger partial charge in [0.15, 0.2) is 6.29 Å². The van der Waals surface area contributed by atoms with Gasteiger partial charge in [-0.15, -0.1) is 0 Å². The van der Waals surface area contributed by atoms with E-state index in [9.17, 15) is 14.9 Å². The molecule has 0 unspecified atom stereocenters. The first-order valence-corrected chi connectivity index (χ1v) is 4.61. The third-order valence-corrected chi connectivity index (χ3v) is 2.18. The number of carbonyl (C=O) groups excluding carboxylic acids is 1. The highest BCUT2D eigenvalue weighted by molar-refractivity contribution is 5.82. The summed E-state index contributed by atoms with van der Waals surface area (Å²) in [4.78, 5) is 21.1. The van der Waals surface area contributed by atoms with Crippen molar-refractivity contribution in [3.8, 4) is 0 Å². The Hall–Kier alpha value is -1.71. The second-order valence-corrected chi connectivity index (χ2v) is 4.37. The Morgan fingerprint density at radius 3 is 2.33 bits per heavy atom. The van der Waals surface area contributed by atoms with Crippen LogP contribution in [0, 0.1) is 10.1 Å². The number of nitrogens with zero attached hydrogens (tertiary/aromatic N) is 1. The predicted molar refractivity (Wildman–Crippen MR) is 57.2 cm³/mol. The van der Waals surface area contributed by atoms with Gasteiger partial charge in [0.05, 0.1) is 10.5 Å². The van der Waals surface area contributed by atoms with Gasteiger partial charge in [0, 0.05) is 5.56 Å². The molecule has 0 fully saturated rings. The molecule has 0 amide bonds. The molecule has 0 spiro atoms. The molecular weight excluding hydrogens is 194 g/mol. The summed E-state index contributed by atoms with van der Waals surface area (Å²) in [7, 11) is 0. The number of para-hydroxylation sites is 1. The minimum absolute atomic E-state index is 0.0833. The van der Waals surface area contributed by atoms with Crippen LogP contribution in [0.1, 0.15) is 36.7 Å². The molecule has 4 nitrogen and oxygen atoms in total. The molecule has 0 N–H and O–H groups in total. The first kappa shape index (κ1) is 11.4. The van der Waals surface area contributed by atoms with Crippen LogP contribution in [-0.2, 0) is 5.41 Å². The molecule has 0 aliphatic carbocycles. The van der Waals surface area contributed by atoms with E-state index in [4.69, 9.17) is 0 Å². The van der Waals surface area contributed by atoms with Gasteiger partial charge < -0.3 is 0 Å². The van der Waals surface area contributed by atoms with Crippen molar-refractivity contribution in [2.45, 2.75) is 26.2 Å². The van der Waals surface area contributed by atoms with Gasteiger partial charge in [-0.1, -0.05) is 32.9 Å². The lowest BCUT2D eigenvalue weighted by atomic mass is 9.85. The number of nitro groups is 1. The van der Waals surface area contributed by atoms with Crippen LogP contribution in [0.15, 0.2) is 18.2 Å². The Morgan fingerprint density at radius 2 is 1.93 bits per heavy atom. The van der Waals surface area contributed by atoms with E-state index in [0.29, 0.717) is 11.8 Å². The van der Waals surface area contributed by atoms with Crippen LogP contribution in [-0.4, -0.2) is 11.2 Å². The number of benzene rings is 1. The maximum atomic E-state index is 10.9. The van der Waals surface area contributed by atoms with E-state index in [1.54, 1.807) is 12.1 Å². The summed E-state index contributed by atoms with van der Waals surface area (Å²) in [6, 6.07) is 4.81. The minimum Gasteiger partial charge on any atom is -0.298 e. The molecule has 1 aromatic rings. The zero-order valence-corrected chi connectivity index (χ0v) is 8.98. The summed E-state index contributed by atoms with van der Waals surface area (Å²) in [5, 5.41) is 10.9. The molecule has 4 heteroatoms. The normalized spacial score (nSPS) is 11.1. The summed E-state index contributed by atoms with van der Waals surface area (Å²) in [5.41, 5.74) is 0.283. The van der Waals surface area contributed by atoms with Crippen molar-refractivity contribution in [2.24, 2.45) is 0 Å². The number of hydrogen-bond donors (Lipinski definition) is 0. The fraction of sp³-hybridized carbons (Fsp3) is 0.364. The summed E-state index contributed by atoms with van der Waals surface area (Å²) in [6.07, 6.45) is 0.521. The molecule has 0 heterocycles. The lowest BCUT2D eigenvalue weighted by Gasteiger charge is -2.19. The molecule has 15 heavy (non-hydrogen) atoms. The van der Waals surface area contributed by atoms with Crippen molar-refractivity contribution in [2.75, 3.05) is 0 Å². The first-order chi connectivity index (χ1) is 6.88. The summed E-state index contributed by atoms with van der Waals surface area (Å²) >= 11 is 0. The molecule has 1 aromatic carbocycles. The number of nitro benzene ring substituents is 1. The molecule has 80 valence electrons. The van der Waals surface area contributed by atoms with Crippen LogP contribution in [0.5, 0.6) is 0 Å². The fourth-order valence-electron chi connectivity index (χ4n) is 1.47. The van der Waals surface area contributed by atoms with Crippen molar-refractivity contribution in [1.29, 1.82) is 0 Å². The molecular formula is C11H13NO3. The Labute approximate surface area is 88.1 Å². The highest BCUT2D eigenvalue weighted by Crippen LogP contribution is 2.32. The van der Waals surface area contributed by atoms with Gasteiger partial charge >= 0.3 is 0 Å². The minimum atomic E-state index is -0.496. The van der Waals surface area contributed by atoms with E-state index in [1.165, 1.54) is 6.07 Å². The van der Waals surface area contributed by atoms with Crippen molar-refractivity contribution < 1.29 is 9.72 Å². The van der Waals surface area contributed by atoms with Crippen LogP contribution < -0.4 is 0 Å². The summed E-state index contributed by atoms with van der Waals surface area (Å²) < 4.78 is 0. The highest BCUT2D eigenvalue weighted by Gasteiger charge is 2.27. The van der Waals surface area contributed by atoms with E-state index in [1.807, 2.05) is 20.8 Å². The quantitative estimate of drug-likeness (QED) is 0.425. The number of carbonyl (C=O) groups is 1. The molecule has 0 saturated carbocycles. The highest BCUT2D eigenvalue weighted by atomic mass is 16.6. The molecule has 0 radical (unpaired) electrons. The van der Waals surface area contributed by atoms with Crippen molar-refractivity contribution in [1.82, 2.24) is 0 Å². The molecule has 0 aliphatic heterocycles. The molecule has 0 saturated heterocycles. The predicted octanol–water partition coefficient (Wildman–Crippen LogP) is 2.70. The SMILES string of the molecule is CC(C)(C)c1cccc(C=O)c1[N+](=O)[O-]. The topological polar surface area (TPSA) is 60.2 Å². The van der Waals surface area contributed by atoms with Gasteiger partial charge in [-0.25, -0.2) is 0 Å². The van der Waals surface area contributed by atoms with E-state index in [0.717, 1.165) is 0 Å². The lowest BCUT2D eigenvalue weighted by Crippen LogP contribution is -2.14. The second kappa shape index (κ2) is 3.81. The monoisotopic (exact) mass is 207 g/mol. The van der Waals surface area contributed by atoms with Gasteiger partial charge in [0.25, 0.3) is 5.69 Å². The van der Waals surface area contributed by atoms with Crippen LogP contribution in [0.25, 0.3) is 0 Å². The third kappa shape index (κ3) is 2.21. The Kier molecular flexibility index (Phi) is 2.88. The standard InChI is InChI=1S/C11H13NO3/c1-11(2,3)9-6-4-5-8(7-13)10(9)12(14)15/h4-7H,1-3H3. The smallest absolute Gasteiger partial charge is 0.283 e. The van der Waals surface area contributed by atoms with Crippen LogP contribution in [0.4, 0.5) is 5.69 Å². The van der Waals surface area contributed by atoms with Gasteiger partial charge in [0.2, 0.25) is 0 Å². The first-order valence-electron chi connectivity index (χ1n) is 4.61. The largest absolute Gasteiger partial charge is 0.298 e. The molecule has 0 aromatic heterocycles. The van der Waals surface area contributed by atoms with Gasteiger partial charge in [-0.2, -0.15) is 0 Å². The van der Waals surface area contributed by atoms with Crippen LogP contribution in [0.2, 0.25) is 0 Å². The maximum absolute atomic E-state index is 10.9. The number of aldehydes is 1. The molecule has 0 aliphatic rings. The van der Waals surface area contributed by atoms with Crippen molar-refractivity contribution in [3.05, 3.63) is 39.4 Å². The van der Waals surface area contributed by atoms with Gasteiger partial charge in [-0.05, 0) is 11.5 Å². The van der Waals surface area contributed by atoms with Crippen molar-refractivity contribution >= 4 is 12.0 Å². The van der Waals surface area contributed by atoms with E-state index in [-0.39, 0.29) is 16.7 Å². The second-order valence-electron chi connectivity index (χ2n) is 4.37. The summed E-state index contributed by atoms with van der Waals surface area (Å²) in [6.45, 7) is 5.64. The lowest BCUT2D eigenvalue weighted by molar-refractivity contribution is -0.386. The zero-order valence-electron chi connectivity index (χ0n) is 8.98. The Bertz CT molecular complexity index is 405. The number of rotatable bonds is 2. The van der Waals surface area contributed by atoms with Crippen LogP contribution in [0.3, 0.4) is 0 Å². The molecule has 0 bridgehead atoms.